The number of nitrogens with zero attached hydrogens (tertiary/aromatic N) is 1. The fourth-order valence-corrected chi connectivity index (χ4v) is 2.25. The van der Waals surface area contributed by atoms with Gasteiger partial charge in [-0.3, -0.25) is 0 Å². The van der Waals surface area contributed by atoms with Gasteiger partial charge in [0.05, 0.1) is 6.61 Å². The van der Waals surface area contributed by atoms with Crippen molar-refractivity contribution >= 4 is 0 Å². The third kappa shape index (κ3) is 5.28. The summed E-state index contributed by atoms with van der Waals surface area (Å²) in [6.07, 6.45) is 3.81. The van der Waals surface area contributed by atoms with E-state index >= 15 is 0 Å². The van der Waals surface area contributed by atoms with Crippen LogP contribution in [0.3, 0.4) is 0 Å². The second-order valence-electron chi connectivity index (χ2n) is 5.01. The largest absolute Gasteiger partial charge is 0.381 e. The molecule has 0 radical (unpaired) electrons. The summed E-state index contributed by atoms with van der Waals surface area (Å²) in [4.78, 5) is 2.48. The highest BCUT2D eigenvalue weighted by molar-refractivity contribution is 4.71. The minimum absolute atomic E-state index is 0.668. The van der Waals surface area contributed by atoms with E-state index in [0.29, 0.717) is 6.04 Å². The molecule has 0 aliphatic carbocycles. The molecule has 1 aliphatic heterocycles. The Morgan fingerprint density at radius 3 is 2.94 bits per heavy atom. The average molecular weight is 228 g/mol. The molecule has 2 atom stereocenters. The predicted molar refractivity (Wildman–Crippen MR) is 68.8 cm³/mol. The van der Waals surface area contributed by atoms with Crippen molar-refractivity contribution in [2.45, 2.75) is 39.2 Å². The Balaban J connectivity index is 2.14. The second kappa shape index (κ2) is 8.04. The van der Waals surface area contributed by atoms with Crippen LogP contribution < -0.4 is 5.32 Å². The zero-order valence-electron chi connectivity index (χ0n) is 11.2. The molecule has 2 unspecified atom stereocenters. The van der Waals surface area contributed by atoms with Crippen molar-refractivity contribution in [2.75, 3.05) is 39.9 Å². The highest BCUT2D eigenvalue weighted by Crippen LogP contribution is 2.15. The van der Waals surface area contributed by atoms with E-state index in [4.69, 9.17) is 4.74 Å². The maximum Gasteiger partial charge on any atom is 0.0506 e. The van der Waals surface area contributed by atoms with Gasteiger partial charge in [0.15, 0.2) is 0 Å². The van der Waals surface area contributed by atoms with Crippen molar-refractivity contribution in [2.24, 2.45) is 5.92 Å². The Labute approximate surface area is 101 Å². The topological polar surface area (TPSA) is 24.5 Å². The number of rotatable bonds is 7. The minimum atomic E-state index is 0.668. The van der Waals surface area contributed by atoms with Gasteiger partial charge < -0.3 is 15.0 Å². The standard InChI is InChI=1S/C13H28N2O/c1-4-14-8-7-12(2)15(3)10-13-6-5-9-16-11-13/h12-14H,4-11H2,1-3H3. The van der Waals surface area contributed by atoms with E-state index in [2.05, 4.69) is 31.1 Å². The molecule has 1 fully saturated rings. The van der Waals surface area contributed by atoms with Gasteiger partial charge in [0.2, 0.25) is 0 Å². The number of hydrogen-bond donors (Lipinski definition) is 1. The second-order valence-corrected chi connectivity index (χ2v) is 5.01. The van der Waals surface area contributed by atoms with Crippen LogP contribution in [0.5, 0.6) is 0 Å². The molecule has 16 heavy (non-hydrogen) atoms. The van der Waals surface area contributed by atoms with Gasteiger partial charge in [-0.1, -0.05) is 6.92 Å². The van der Waals surface area contributed by atoms with Crippen molar-refractivity contribution in [1.29, 1.82) is 0 Å². The Morgan fingerprint density at radius 2 is 2.31 bits per heavy atom. The summed E-state index contributed by atoms with van der Waals surface area (Å²) in [7, 11) is 2.24. The van der Waals surface area contributed by atoms with Crippen molar-refractivity contribution < 1.29 is 4.74 Å². The molecule has 1 aliphatic rings. The Bertz CT molecular complexity index is 169. The van der Waals surface area contributed by atoms with Gasteiger partial charge in [0, 0.05) is 19.2 Å². The van der Waals surface area contributed by atoms with Crippen LogP contribution in [0.4, 0.5) is 0 Å². The molecule has 3 heteroatoms. The van der Waals surface area contributed by atoms with E-state index < -0.39 is 0 Å². The van der Waals surface area contributed by atoms with Gasteiger partial charge in [-0.15, -0.1) is 0 Å². The van der Waals surface area contributed by atoms with Crippen LogP contribution >= 0.6 is 0 Å². The number of nitrogens with one attached hydrogen (secondary N) is 1. The molecule has 1 saturated heterocycles. The summed E-state index contributed by atoms with van der Waals surface area (Å²) in [6.45, 7) is 9.80. The molecular weight excluding hydrogens is 200 g/mol. The van der Waals surface area contributed by atoms with Gasteiger partial charge in [0.25, 0.3) is 0 Å². The van der Waals surface area contributed by atoms with Crippen molar-refractivity contribution in [3.63, 3.8) is 0 Å². The van der Waals surface area contributed by atoms with Gasteiger partial charge in [-0.05, 0) is 52.2 Å². The summed E-state index contributed by atoms with van der Waals surface area (Å²) >= 11 is 0. The molecule has 0 spiro atoms. The highest BCUT2D eigenvalue weighted by Gasteiger charge is 2.18. The summed E-state index contributed by atoms with van der Waals surface area (Å²) in [5.74, 6) is 0.750. The molecule has 1 N–H and O–H groups in total. The van der Waals surface area contributed by atoms with Crippen LogP contribution in [-0.4, -0.2) is 50.8 Å². The fraction of sp³-hybridized carbons (Fsp3) is 1.00. The monoisotopic (exact) mass is 228 g/mol. The van der Waals surface area contributed by atoms with Crippen LogP contribution in [-0.2, 0) is 4.74 Å². The molecule has 0 amide bonds. The normalized spacial score (nSPS) is 23.6. The van der Waals surface area contributed by atoms with Crippen LogP contribution in [0.25, 0.3) is 0 Å². The van der Waals surface area contributed by atoms with Crippen molar-refractivity contribution in [3.05, 3.63) is 0 Å². The third-order valence-corrected chi connectivity index (χ3v) is 3.54. The lowest BCUT2D eigenvalue weighted by Crippen LogP contribution is -2.37. The van der Waals surface area contributed by atoms with Gasteiger partial charge in [-0.25, -0.2) is 0 Å². The first-order valence-electron chi connectivity index (χ1n) is 6.72. The lowest BCUT2D eigenvalue weighted by atomic mass is 10.0. The smallest absolute Gasteiger partial charge is 0.0506 e. The summed E-state index contributed by atoms with van der Waals surface area (Å²) < 4.78 is 5.52. The molecule has 96 valence electrons. The third-order valence-electron chi connectivity index (χ3n) is 3.54. The quantitative estimate of drug-likeness (QED) is 0.672. The van der Waals surface area contributed by atoms with Crippen LogP contribution in [0.2, 0.25) is 0 Å². The molecular formula is C13H28N2O. The van der Waals surface area contributed by atoms with E-state index in [1.54, 1.807) is 0 Å². The van der Waals surface area contributed by atoms with E-state index in [-0.39, 0.29) is 0 Å². The molecule has 0 saturated carbocycles. The van der Waals surface area contributed by atoms with Gasteiger partial charge >= 0.3 is 0 Å². The SMILES string of the molecule is CCNCCC(C)N(C)CC1CCCOC1. The van der Waals surface area contributed by atoms with E-state index in [1.165, 1.54) is 25.8 Å². The molecule has 0 aromatic carbocycles. The first-order chi connectivity index (χ1) is 7.74. The van der Waals surface area contributed by atoms with Crippen LogP contribution in [0, 0.1) is 5.92 Å². The zero-order chi connectivity index (χ0) is 11.8. The molecule has 0 aromatic heterocycles. The Morgan fingerprint density at radius 1 is 1.50 bits per heavy atom. The van der Waals surface area contributed by atoms with Crippen molar-refractivity contribution in [1.82, 2.24) is 10.2 Å². The van der Waals surface area contributed by atoms with E-state index in [0.717, 1.165) is 32.2 Å². The summed E-state index contributed by atoms with van der Waals surface area (Å²) in [6, 6.07) is 0.668. The van der Waals surface area contributed by atoms with E-state index in [9.17, 15) is 0 Å². The maximum absolute atomic E-state index is 5.52. The molecule has 1 rings (SSSR count). The minimum Gasteiger partial charge on any atom is -0.381 e. The first kappa shape index (κ1) is 13.9. The zero-order valence-corrected chi connectivity index (χ0v) is 11.2. The number of hydrogen-bond acceptors (Lipinski definition) is 3. The highest BCUT2D eigenvalue weighted by atomic mass is 16.5. The predicted octanol–water partition coefficient (Wildman–Crippen LogP) is 1.73. The molecule has 1 heterocycles. The molecule has 0 aromatic rings. The van der Waals surface area contributed by atoms with E-state index in [1.807, 2.05) is 0 Å². The Kier molecular flexibility index (Phi) is 7.01. The summed E-state index contributed by atoms with van der Waals surface area (Å²) in [5.41, 5.74) is 0. The van der Waals surface area contributed by atoms with Crippen LogP contribution in [0.1, 0.15) is 33.1 Å². The maximum atomic E-state index is 5.52. The lowest BCUT2D eigenvalue weighted by Gasteiger charge is -2.31. The first-order valence-corrected chi connectivity index (χ1v) is 6.72. The Hall–Kier alpha value is -0.120. The lowest BCUT2D eigenvalue weighted by molar-refractivity contribution is 0.0368. The average Bonchev–Trinajstić information content (AvgIpc) is 2.30. The van der Waals surface area contributed by atoms with Crippen LogP contribution in [0.15, 0.2) is 0 Å². The fourth-order valence-electron chi connectivity index (χ4n) is 2.25. The number of ether oxygens (including phenoxy) is 1. The molecule has 0 bridgehead atoms. The summed E-state index contributed by atoms with van der Waals surface area (Å²) in [5, 5.41) is 3.39. The van der Waals surface area contributed by atoms with Crippen molar-refractivity contribution in [3.8, 4) is 0 Å². The van der Waals surface area contributed by atoms with Gasteiger partial charge in [0.1, 0.15) is 0 Å². The van der Waals surface area contributed by atoms with Gasteiger partial charge in [-0.2, -0.15) is 0 Å². The molecule has 3 nitrogen and oxygen atoms in total.